The molecule has 1 aromatic heterocycles. The maximum atomic E-state index is 13.0. The van der Waals surface area contributed by atoms with Gasteiger partial charge in [0, 0.05) is 18.8 Å². The van der Waals surface area contributed by atoms with Gasteiger partial charge in [0.1, 0.15) is 5.76 Å². The molecule has 4 nitrogen and oxygen atoms in total. The highest BCUT2D eigenvalue weighted by atomic mass is 19.3. The summed E-state index contributed by atoms with van der Waals surface area (Å²) in [6.45, 7) is 1.51. The van der Waals surface area contributed by atoms with E-state index in [1.807, 2.05) is 0 Å². The second-order valence-electron chi connectivity index (χ2n) is 4.39. The van der Waals surface area contributed by atoms with Gasteiger partial charge in [-0.15, -0.1) is 0 Å². The molecule has 0 radical (unpaired) electrons. The number of carboxylic acid groups (broad SMARTS) is 1. The number of rotatable bonds is 2. The minimum atomic E-state index is -2.60. The Hall–Kier alpha value is -1.46. The minimum Gasteiger partial charge on any atom is -0.476 e. The third-order valence-corrected chi connectivity index (χ3v) is 3.08. The highest BCUT2D eigenvalue weighted by Gasteiger charge is 2.37. The number of carbonyl (C=O) groups is 1. The molecule has 0 bridgehead atoms. The number of hydrogen-bond donors (Lipinski definition) is 1. The molecule has 6 heteroatoms. The number of halogens is 2. The number of nitrogens with zero attached hydrogens (tertiary/aromatic N) is 1. The third kappa shape index (κ3) is 2.45. The summed E-state index contributed by atoms with van der Waals surface area (Å²) in [4.78, 5) is 14.6. The Morgan fingerprint density at radius 1 is 1.47 bits per heavy atom. The van der Waals surface area contributed by atoms with Crippen molar-refractivity contribution < 1.29 is 23.1 Å². The van der Waals surface area contributed by atoms with Crippen LogP contribution in [0.2, 0.25) is 0 Å². The molecule has 0 amide bonds. The van der Waals surface area contributed by atoms with Gasteiger partial charge in [0.25, 0.3) is 0 Å². The maximum absolute atomic E-state index is 13.0. The van der Waals surface area contributed by atoms with Crippen LogP contribution in [0.15, 0.2) is 4.42 Å². The van der Waals surface area contributed by atoms with Crippen molar-refractivity contribution in [1.29, 1.82) is 0 Å². The Labute approximate surface area is 96.6 Å². The quantitative estimate of drug-likeness (QED) is 0.869. The lowest BCUT2D eigenvalue weighted by Gasteiger charge is -2.26. The molecule has 0 aromatic carbocycles. The van der Waals surface area contributed by atoms with Crippen LogP contribution in [0.1, 0.15) is 53.7 Å². The second-order valence-corrected chi connectivity index (χ2v) is 4.39. The van der Waals surface area contributed by atoms with E-state index < -0.39 is 11.9 Å². The van der Waals surface area contributed by atoms with E-state index >= 15 is 0 Å². The first-order chi connectivity index (χ1) is 7.89. The molecule has 0 saturated heterocycles. The molecule has 1 heterocycles. The van der Waals surface area contributed by atoms with E-state index in [0.29, 0.717) is 0 Å². The average Bonchev–Trinajstić information content (AvgIpc) is 2.60. The van der Waals surface area contributed by atoms with Crippen LogP contribution in [0.4, 0.5) is 8.78 Å². The number of oxazole rings is 1. The Balaban J connectivity index is 2.14. The Kier molecular flexibility index (Phi) is 2.89. The zero-order chi connectivity index (χ0) is 12.6. The van der Waals surface area contributed by atoms with E-state index in [-0.39, 0.29) is 48.9 Å². The molecule has 94 valence electrons. The van der Waals surface area contributed by atoms with Crippen LogP contribution in [0.25, 0.3) is 0 Å². The van der Waals surface area contributed by atoms with Gasteiger partial charge in [0.2, 0.25) is 5.92 Å². The minimum absolute atomic E-state index is 0.127. The van der Waals surface area contributed by atoms with Crippen molar-refractivity contribution in [2.45, 2.75) is 44.4 Å². The van der Waals surface area contributed by atoms with Crippen LogP contribution in [0, 0.1) is 6.92 Å². The summed E-state index contributed by atoms with van der Waals surface area (Å²) >= 11 is 0. The molecule has 1 aliphatic rings. The number of aromatic nitrogens is 1. The molecule has 1 fully saturated rings. The molecular weight excluding hydrogens is 232 g/mol. The fraction of sp³-hybridized carbons (Fsp3) is 0.636. The van der Waals surface area contributed by atoms with Gasteiger partial charge < -0.3 is 9.52 Å². The first-order valence-electron chi connectivity index (χ1n) is 5.47. The molecule has 1 aliphatic carbocycles. The lowest BCUT2D eigenvalue weighted by Crippen LogP contribution is -2.23. The predicted molar refractivity (Wildman–Crippen MR) is 54.4 cm³/mol. The number of carboxylic acids is 1. The van der Waals surface area contributed by atoms with Crippen molar-refractivity contribution >= 4 is 5.97 Å². The van der Waals surface area contributed by atoms with Crippen molar-refractivity contribution in [3.63, 3.8) is 0 Å². The number of aromatic carboxylic acids is 1. The summed E-state index contributed by atoms with van der Waals surface area (Å²) in [6, 6.07) is 0. The van der Waals surface area contributed by atoms with E-state index in [0.717, 1.165) is 0 Å². The maximum Gasteiger partial charge on any atom is 0.358 e. The van der Waals surface area contributed by atoms with Gasteiger partial charge in [-0.1, -0.05) is 0 Å². The summed E-state index contributed by atoms with van der Waals surface area (Å²) in [5.74, 6) is -3.45. The van der Waals surface area contributed by atoms with Gasteiger partial charge in [-0.05, 0) is 19.8 Å². The van der Waals surface area contributed by atoms with Gasteiger partial charge >= 0.3 is 5.97 Å². The Morgan fingerprint density at radius 2 is 2.06 bits per heavy atom. The largest absolute Gasteiger partial charge is 0.476 e. The topological polar surface area (TPSA) is 63.3 Å². The summed E-state index contributed by atoms with van der Waals surface area (Å²) in [5, 5.41) is 8.82. The van der Waals surface area contributed by atoms with Crippen molar-refractivity contribution in [2.75, 3.05) is 0 Å². The summed E-state index contributed by atoms with van der Waals surface area (Å²) in [6.07, 6.45) is 0.182. The molecule has 0 aliphatic heterocycles. The van der Waals surface area contributed by atoms with Crippen LogP contribution < -0.4 is 0 Å². The van der Waals surface area contributed by atoms with Crippen LogP contribution >= 0.6 is 0 Å². The molecule has 1 aromatic rings. The van der Waals surface area contributed by atoms with E-state index in [4.69, 9.17) is 9.52 Å². The fourth-order valence-corrected chi connectivity index (χ4v) is 2.08. The van der Waals surface area contributed by atoms with Crippen molar-refractivity contribution in [1.82, 2.24) is 4.98 Å². The van der Waals surface area contributed by atoms with Crippen LogP contribution in [-0.4, -0.2) is 22.0 Å². The molecule has 2 rings (SSSR count). The predicted octanol–water partition coefficient (Wildman–Crippen LogP) is 2.97. The van der Waals surface area contributed by atoms with Gasteiger partial charge in [0.05, 0.1) is 0 Å². The van der Waals surface area contributed by atoms with E-state index in [9.17, 15) is 13.6 Å². The second kappa shape index (κ2) is 4.09. The normalized spacial score (nSPS) is 20.4. The fourth-order valence-electron chi connectivity index (χ4n) is 2.08. The van der Waals surface area contributed by atoms with Crippen LogP contribution in [0.3, 0.4) is 0 Å². The highest BCUT2D eigenvalue weighted by Crippen LogP contribution is 2.40. The Morgan fingerprint density at radius 3 is 2.53 bits per heavy atom. The van der Waals surface area contributed by atoms with Gasteiger partial charge in [-0.2, -0.15) is 0 Å². The SMILES string of the molecule is Cc1oc(C2CCC(F)(F)CC2)nc1C(=O)O. The first-order valence-corrected chi connectivity index (χ1v) is 5.47. The number of alkyl halides is 2. The van der Waals surface area contributed by atoms with E-state index in [1.165, 1.54) is 6.92 Å². The zero-order valence-electron chi connectivity index (χ0n) is 9.37. The highest BCUT2D eigenvalue weighted by molar-refractivity contribution is 5.86. The third-order valence-electron chi connectivity index (χ3n) is 3.08. The van der Waals surface area contributed by atoms with Crippen molar-refractivity contribution in [2.24, 2.45) is 0 Å². The van der Waals surface area contributed by atoms with Gasteiger partial charge in [0.15, 0.2) is 11.6 Å². The van der Waals surface area contributed by atoms with Crippen molar-refractivity contribution in [3.8, 4) is 0 Å². The average molecular weight is 245 g/mol. The van der Waals surface area contributed by atoms with Gasteiger partial charge in [-0.3, -0.25) is 0 Å². The smallest absolute Gasteiger partial charge is 0.358 e. The summed E-state index contributed by atoms with van der Waals surface area (Å²) in [5.41, 5.74) is -0.127. The molecule has 17 heavy (non-hydrogen) atoms. The Bertz CT molecular complexity index is 432. The molecule has 0 atom stereocenters. The zero-order valence-corrected chi connectivity index (χ0v) is 9.37. The molecule has 0 unspecified atom stereocenters. The van der Waals surface area contributed by atoms with Gasteiger partial charge in [-0.25, -0.2) is 18.6 Å². The van der Waals surface area contributed by atoms with Crippen molar-refractivity contribution in [3.05, 3.63) is 17.3 Å². The standard InChI is InChI=1S/C11H13F2NO3/c1-6-8(10(15)16)14-9(17-6)7-2-4-11(12,13)5-3-7/h7H,2-5H2,1H3,(H,15,16). The summed E-state index contributed by atoms with van der Waals surface area (Å²) in [7, 11) is 0. The number of aryl methyl sites for hydroxylation is 1. The lowest BCUT2D eigenvalue weighted by atomic mass is 9.87. The monoisotopic (exact) mass is 245 g/mol. The van der Waals surface area contributed by atoms with Crippen LogP contribution in [0.5, 0.6) is 0 Å². The molecule has 1 saturated carbocycles. The molecule has 1 N–H and O–H groups in total. The van der Waals surface area contributed by atoms with E-state index in [2.05, 4.69) is 4.98 Å². The van der Waals surface area contributed by atoms with Crippen LogP contribution in [-0.2, 0) is 0 Å². The number of hydrogen-bond acceptors (Lipinski definition) is 3. The first kappa shape index (κ1) is 12.0. The molecule has 0 spiro atoms. The molecular formula is C11H13F2NO3. The van der Waals surface area contributed by atoms with E-state index in [1.54, 1.807) is 0 Å². The summed E-state index contributed by atoms with van der Waals surface area (Å²) < 4.78 is 31.2. The lowest BCUT2D eigenvalue weighted by molar-refractivity contribution is -0.0399.